The molecule has 0 unspecified atom stereocenters. The number of hydrogen-bond acceptors (Lipinski definition) is 6. The lowest BCUT2D eigenvalue weighted by Crippen LogP contribution is -2.41. The molecule has 0 atom stereocenters. The molecule has 1 N–H and O–H groups in total. The maximum absolute atomic E-state index is 13.9. The van der Waals surface area contributed by atoms with Crippen molar-refractivity contribution in [2.24, 2.45) is 0 Å². The summed E-state index contributed by atoms with van der Waals surface area (Å²) in [5.74, 6) is -1.93. The van der Waals surface area contributed by atoms with Gasteiger partial charge in [-0.15, -0.1) is 0 Å². The van der Waals surface area contributed by atoms with Crippen LogP contribution in [0.2, 0.25) is 0 Å². The van der Waals surface area contributed by atoms with Crippen molar-refractivity contribution in [3.63, 3.8) is 0 Å². The maximum atomic E-state index is 13.9. The van der Waals surface area contributed by atoms with Gasteiger partial charge in [-0.25, -0.2) is 22.2 Å². The molecular weight excluding hydrogens is 405 g/mol. The number of aromatic nitrogens is 1. The van der Waals surface area contributed by atoms with E-state index in [1.54, 1.807) is 0 Å². The van der Waals surface area contributed by atoms with Crippen molar-refractivity contribution in [1.29, 1.82) is 0 Å². The highest BCUT2D eigenvalue weighted by Gasteiger charge is 2.52. The van der Waals surface area contributed by atoms with Gasteiger partial charge in [0.1, 0.15) is 16.5 Å². The molecule has 1 saturated heterocycles. The van der Waals surface area contributed by atoms with Crippen LogP contribution in [0.1, 0.15) is 27.7 Å². The van der Waals surface area contributed by atoms with Crippen LogP contribution in [0.25, 0.3) is 0 Å². The first kappa shape index (κ1) is 21.5. The van der Waals surface area contributed by atoms with Gasteiger partial charge in [-0.3, -0.25) is 4.72 Å². The molecule has 2 heterocycles. The van der Waals surface area contributed by atoms with Crippen molar-refractivity contribution < 1.29 is 31.2 Å². The van der Waals surface area contributed by atoms with Crippen molar-refractivity contribution in [1.82, 2.24) is 4.98 Å². The third kappa shape index (κ3) is 4.07. The summed E-state index contributed by atoms with van der Waals surface area (Å²) in [6.45, 7) is 7.43. The number of pyridine rings is 1. The quantitative estimate of drug-likeness (QED) is 0.740. The number of sulfonamides is 1. The molecule has 11 heteroatoms. The summed E-state index contributed by atoms with van der Waals surface area (Å²) in [6, 6.07) is 3.72. The summed E-state index contributed by atoms with van der Waals surface area (Å²) in [5, 5.41) is 0. The fraction of sp³-hybridized carbons (Fsp3) is 0.389. The van der Waals surface area contributed by atoms with E-state index in [1.165, 1.54) is 19.4 Å². The van der Waals surface area contributed by atoms with Crippen molar-refractivity contribution in [3.8, 4) is 5.88 Å². The van der Waals surface area contributed by atoms with E-state index in [-0.39, 0.29) is 10.8 Å². The third-order valence-corrected chi connectivity index (χ3v) is 6.38. The molecule has 3 rings (SSSR count). The normalized spacial score (nSPS) is 18.0. The highest BCUT2D eigenvalue weighted by molar-refractivity contribution is 7.92. The van der Waals surface area contributed by atoms with E-state index >= 15 is 0 Å². The Morgan fingerprint density at radius 3 is 2.31 bits per heavy atom. The Hall–Kier alpha value is -2.24. The average Bonchev–Trinajstić information content (AvgIpc) is 2.85. The average molecular weight is 426 g/mol. The molecule has 1 aliphatic rings. The van der Waals surface area contributed by atoms with Gasteiger partial charge in [-0.1, -0.05) is 0 Å². The number of nitrogens with one attached hydrogen (secondary N) is 1. The summed E-state index contributed by atoms with van der Waals surface area (Å²) in [4.78, 5) is 3.65. The largest absolute Gasteiger partial charge is 0.496 e. The minimum absolute atomic E-state index is 0.213. The van der Waals surface area contributed by atoms with Crippen LogP contribution in [0.4, 0.5) is 14.5 Å². The lowest BCUT2D eigenvalue weighted by molar-refractivity contribution is 0.00578. The van der Waals surface area contributed by atoms with Gasteiger partial charge in [-0.2, -0.15) is 0 Å². The molecule has 0 amide bonds. The number of anilines is 1. The predicted molar refractivity (Wildman–Crippen MR) is 104 cm³/mol. The zero-order valence-corrected chi connectivity index (χ0v) is 17.4. The fourth-order valence-corrected chi connectivity index (χ4v) is 3.89. The Bertz CT molecular complexity index is 1030. The second kappa shape index (κ2) is 7.23. The van der Waals surface area contributed by atoms with Crippen molar-refractivity contribution >= 4 is 28.3 Å². The molecule has 7 nitrogen and oxygen atoms in total. The van der Waals surface area contributed by atoms with E-state index in [1.807, 2.05) is 32.4 Å². The number of halogens is 2. The molecule has 1 aliphatic heterocycles. The summed E-state index contributed by atoms with van der Waals surface area (Å²) in [5.41, 5.74) is -1.48. The van der Waals surface area contributed by atoms with Crippen LogP contribution in [0, 0.1) is 11.6 Å². The minimum atomic E-state index is -4.36. The number of rotatable bonds is 5. The van der Waals surface area contributed by atoms with Crippen LogP contribution >= 0.6 is 0 Å². The number of ether oxygens (including phenoxy) is 1. The number of benzene rings is 1. The van der Waals surface area contributed by atoms with Gasteiger partial charge in [-0.05, 0) is 45.9 Å². The molecule has 0 spiro atoms. The number of methoxy groups -OCH3 is 1. The third-order valence-electron chi connectivity index (χ3n) is 5.02. The van der Waals surface area contributed by atoms with Gasteiger partial charge >= 0.3 is 7.12 Å². The summed E-state index contributed by atoms with van der Waals surface area (Å²) >= 11 is 0. The van der Waals surface area contributed by atoms with Crippen LogP contribution in [-0.2, 0) is 19.3 Å². The molecule has 0 bridgehead atoms. The smallest absolute Gasteiger partial charge is 0.480 e. The van der Waals surface area contributed by atoms with Gasteiger partial charge in [0, 0.05) is 17.7 Å². The standard InChI is InChI=1S/C18H21BF2N2O5S/c1-17(2)18(3,4)28-19(27-17)11-8-15(16(26-5)22-10-11)29(24,25)23-14-9-12(20)6-7-13(14)21/h6-10,23H,1-5H3. The van der Waals surface area contributed by atoms with Gasteiger partial charge < -0.3 is 14.0 Å². The Morgan fingerprint density at radius 1 is 1.10 bits per heavy atom. The van der Waals surface area contributed by atoms with Crippen LogP contribution in [-0.4, -0.2) is 38.8 Å². The predicted octanol–water partition coefficient (Wildman–Crippen LogP) is 2.47. The lowest BCUT2D eigenvalue weighted by atomic mass is 9.80. The van der Waals surface area contributed by atoms with Gasteiger partial charge in [0.25, 0.3) is 10.0 Å². The van der Waals surface area contributed by atoms with E-state index < -0.39 is 45.7 Å². The van der Waals surface area contributed by atoms with E-state index in [0.717, 1.165) is 18.2 Å². The first-order chi connectivity index (χ1) is 13.4. The Balaban J connectivity index is 2.00. The zero-order chi connectivity index (χ0) is 21.6. The van der Waals surface area contributed by atoms with Crippen LogP contribution in [0.3, 0.4) is 0 Å². The van der Waals surface area contributed by atoms with Gasteiger partial charge in [0.05, 0.1) is 24.0 Å². The minimum Gasteiger partial charge on any atom is -0.480 e. The van der Waals surface area contributed by atoms with Gasteiger partial charge in [0.15, 0.2) is 0 Å². The van der Waals surface area contributed by atoms with Crippen LogP contribution < -0.4 is 14.9 Å². The summed E-state index contributed by atoms with van der Waals surface area (Å²) < 4.78 is 72.0. The van der Waals surface area contributed by atoms with Crippen LogP contribution in [0.5, 0.6) is 5.88 Å². The Morgan fingerprint density at radius 2 is 1.72 bits per heavy atom. The Kier molecular flexibility index (Phi) is 5.35. The van der Waals surface area contributed by atoms with E-state index in [2.05, 4.69) is 4.98 Å². The molecule has 156 valence electrons. The SMILES string of the molecule is COc1ncc(B2OC(C)(C)C(C)(C)O2)cc1S(=O)(=O)Nc1cc(F)ccc1F. The molecule has 1 aromatic carbocycles. The number of nitrogens with zero attached hydrogens (tertiary/aromatic N) is 1. The second-order valence-corrected chi connectivity index (χ2v) is 9.24. The molecule has 0 saturated carbocycles. The topological polar surface area (TPSA) is 86.8 Å². The molecular formula is C18H21BF2N2O5S. The van der Waals surface area contributed by atoms with Crippen molar-refractivity contribution in [3.05, 3.63) is 42.1 Å². The lowest BCUT2D eigenvalue weighted by Gasteiger charge is -2.32. The Labute approximate surface area is 168 Å². The van der Waals surface area contributed by atoms with Crippen molar-refractivity contribution in [2.45, 2.75) is 43.8 Å². The van der Waals surface area contributed by atoms with Crippen molar-refractivity contribution in [2.75, 3.05) is 11.8 Å². The first-order valence-electron chi connectivity index (χ1n) is 8.74. The van der Waals surface area contributed by atoms with E-state index in [0.29, 0.717) is 5.46 Å². The molecule has 1 fully saturated rings. The molecule has 2 aromatic rings. The monoisotopic (exact) mass is 426 g/mol. The fourth-order valence-electron chi connectivity index (χ4n) is 2.68. The maximum Gasteiger partial charge on any atom is 0.496 e. The highest BCUT2D eigenvalue weighted by atomic mass is 32.2. The zero-order valence-electron chi connectivity index (χ0n) is 16.6. The summed E-state index contributed by atoms with van der Waals surface area (Å²) in [6.07, 6.45) is 1.38. The molecule has 29 heavy (non-hydrogen) atoms. The summed E-state index contributed by atoms with van der Waals surface area (Å²) in [7, 11) is -3.97. The molecule has 0 radical (unpaired) electrons. The second-order valence-electron chi connectivity index (χ2n) is 7.59. The van der Waals surface area contributed by atoms with Crippen LogP contribution in [0.15, 0.2) is 35.4 Å². The van der Waals surface area contributed by atoms with E-state index in [4.69, 9.17) is 14.0 Å². The molecule has 1 aromatic heterocycles. The first-order valence-corrected chi connectivity index (χ1v) is 10.2. The number of hydrogen-bond donors (Lipinski definition) is 1. The van der Waals surface area contributed by atoms with Gasteiger partial charge in [0.2, 0.25) is 5.88 Å². The highest BCUT2D eigenvalue weighted by Crippen LogP contribution is 2.36. The van der Waals surface area contributed by atoms with E-state index in [9.17, 15) is 17.2 Å². The molecule has 0 aliphatic carbocycles.